The second-order valence-electron chi connectivity index (χ2n) is 10.3. The van der Waals surface area contributed by atoms with Gasteiger partial charge in [0.05, 0.1) is 76.0 Å². The van der Waals surface area contributed by atoms with Gasteiger partial charge in [-0.3, -0.25) is 0 Å². The highest BCUT2D eigenvalue weighted by Crippen LogP contribution is 2.31. The number of allylic oxidation sites excluding steroid dienone is 1. The predicted octanol–water partition coefficient (Wildman–Crippen LogP) is 3.35. The fourth-order valence-corrected chi connectivity index (χ4v) is 4.96. The summed E-state index contributed by atoms with van der Waals surface area (Å²) < 4.78 is 5.88. The molecule has 0 radical (unpaired) electrons. The van der Waals surface area contributed by atoms with E-state index in [0.717, 1.165) is 0 Å². The van der Waals surface area contributed by atoms with E-state index in [9.17, 15) is 21.0 Å². The van der Waals surface area contributed by atoms with E-state index in [1.54, 1.807) is 19.1 Å². The molecule has 3 aromatic carbocycles. The number of aryl methyl sites for hydroxylation is 1. The highest BCUT2D eigenvalue weighted by molar-refractivity contribution is 5.84. The molecule has 0 saturated heterocycles. The van der Waals surface area contributed by atoms with Gasteiger partial charge in [0.15, 0.2) is 23.3 Å². The Hall–Kier alpha value is -8.75. The molecule has 0 amide bonds. The Bertz CT molecular complexity index is 2980. The Morgan fingerprint density at radius 2 is 1.24 bits per heavy atom. The number of nitriles is 4. The number of fused-ring (bicyclic) bond motifs is 3. The molecule has 4 heterocycles. The Labute approximate surface area is 279 Å². The number of hydrogen-bond donors (Lipinski definition) is 0. The molecule has 0 atom stereocenters. The summed E-state index contributed by atoms with van der Waals surface area (Å²) in [6.45, 7) is 24.5. The van der Waals surface area contributed by atoms with Crippen LogP contribution >= 0.6 is 0 Å². The summed E-state index contributed by atoms with van der Waals surface area (Å²) in [5, 5.41) is 40.0. The van der Waals surface area contributed by atoms with Gasteiger partial charge >= 0.3 is 0 Å². The Kier molecular flexibility index (Phi) is 6.92. The van der Waals surface area contributed by atoms with Crippen molar-refractivity contribution in [3.05, 3.63) is 138 Å². The third-order valence-electron chi connectivity index (χ3n) is 7.35. The minimum Gasteiger partial charge on any atom is -0.435 e. The predicted molar refractivity (Wildman–Crippen MR) is 168 cm³/mol. The van der Waals surface area contributed by atoms with E-state index >= 15 is 0 Å². The summed E-state index contributed by atoms with van der Waals surface area (Å²) in [6.07, 6.45) is 0. The summed E-state index contributed by atoms with van der Waals surface area (Å²) in [6, 6.07) is 16.7. The monoisotopic (exact) mass is 643 g/mol. The largest absolute Gasteiger partial charge is 0.435 e. The minimum atomic E-state index is -0.283. The summed E-state index contributed by atoms with van der Waals surface area (Å²) in [4.78, 5) is 45.6. The van der Waals surface area contributed by atoms with Gasteiger partial charge in [-0.25, -0.2) is 54.4 Å². The molecule has 0 spiro atoms. The Balaban J connectivity index is 1.49. The lowest BCUT2D eigenvalue weighted by molar-refractivity contribution is 0.611. The van der Waals surface area contributed by atoms with Crippen LogP contribution in [0.2, 0.25) is 0 Å². The lowest BCUT2D eigenvalue weighted by Gasteiger charge is -2.05. The van der Waals surface area contributed by atoms with Crippen LogP contribution < -0.4 is 21.4 Å². The Morgan fingerprint density at radius 3 is 1.88 bits per heavy atom. The molecule has 2 aromatic heterocycles. The average molecular weight is 644 g/mol. The molecular weight excluding hydrogens is 634 g/mol. The fraction of sp³-hybridized carbons (Fsp3) is 0.0294. The van der Waals surface area contributed by atoms with Crippen molar-refractivity contribution in [3.8, 4) is 36.0 Å². The zero-order chi connectivity index (χ0) is 35.1. The van der Waals surface area contributed by atoms with Crippen molar-refractivity contribution < 1.29 is 4.42 Å². The maximum Gasteiger partial charge on any atom is 0.274 e. The molecule has 16 heteroatoms. The van der Waals surface area contributed by atoms with Gasteiger partial charge in [-0.2, -0.15) is 21.0 Å². The van der Waals surface area contributed by atoms with Gasteiger partial charge < -0.3 is 4.42 Å². The first-order chi connectivity index (χ1) is 24.3. The molecule has 2 aliphatic heterocycles. The quantitative estimate of drug-likeness (QED) is 0.207. The second-order valence-corrected chi connectivity index (χ2v) is 10.3. The van der Waals surface area contributed by atoms with Gasteiger partial charge in [-0.1, -0.05) is 0 Å². The SMILES string of the molecule is [C-]#[N+]/C(=C1/N=c2cc(C#N)c([N+]#[C-])cc2=N1)c1nc(/C(C#N)=C2/N=c3cc(C)c(C#N)cc3=N2)nc(-c2nc3cc(C#N)c([N+]#[C-])cc3o2)n1. The first kappa shape index (κ1) is 29.9. The van der Waals surface area contributed by atoms with E-state index in [0.29, 0.717) is 21.8 Å². The van der Waals surface area contributed by atoms with Crippen LogP contribution in [0, 0.1) is 72.0 Å². The highest BCUT2D eigenvalue weighted by Gasteiger charge is 2.25. The van der Waals surface area contributed by atoms with E-state index < -0.39 is 0 Å². The second kappa shape index (κ2) is 11.6. The van der Waals surface area contributed by atoms with Crippen molar-refractivity contribution in [1.29, 1.82) is 21.0 Å². The molecular formula is C34H9N15O. The van der Waals surface area contributed by atoms with E-state index in [4.69, 9.17) is 24.1 Å². The van der Waals surface area contributed by atoms with Crippen LogP contribution in [0.5, 0.6) is 0 Å². The molecule has 2 aliphatic rings. The summed E-state index contributed by atoms with van der Waals surface area (Å²) in [7, 11) is 0. The van der Waals surface area contributed by atoms with Gasteiger partial charge in [0.2, 0.25) is 17.2 Å². The molecule has 0 aliphatic carbocycles. The van der Waals surface area contributed by atoms with Crippen molar-refractivity contribution in [2.24, 2.45) is 20.0 Å². The van der Waals surface area contributed by atoms with Crippen LogP contribution in [0.3, 0.4) is 0 Å². The van der Waals surface area contributed by atoms with Gasteiger partial charge in [0.1, 0.15) is 22.7 Å². The molecule has 226 valence electrons. The smallest absolute Gasteiger partial charge is 0.274 e. The van der Waals surface area contributed by atoms with Crippen LogP contribution in [-0.4, -0.2) is 19.9 Å². The zero-order valence-electron chi connectivity index (χ0n) is 25.1. The van der Waals surface area contributed by atoms with Gasteiger partial charge in [-0.05, 0) is 48.9 Å². The fourth-order valence-electron chi connectivity index (χ4n) is 4.96. The average Bonchev–Trinajstić information content (AvgIpc) is 3.86. The van der Waals surface area contributed by atoms with E-state index in [-0.39, 0.29) is 90.6 Å². The van der Waals surface area contributed by atoms with Gasteiger partial charge in [0, 0.05) is 0 Å². The normalized spacial score (nSPS) is 13.9. The Morgan fingerprint density at radius 1 is 0.660 bits per heavy atom. The van der Waals surface area contributed by atoms with Crippen LogP contribution in [0.4, 0.5) is 11.4 Å². The van der Waals surface area contributed by atoms with Crippen LogP contribution in [0.1, 0.15) is 33.9 Å². The lowest BCUT2D eigenvalue weighted by atomic mass is 10.1. The first-order valence-corrected chi connectivity index (χ1v) is 13.9. The van der Waals surface area contributed by atoms with Crippen LogP contribution in [-0.2, 0) is 0 Å². The highest BCUT2D eigenvalue weighted by atomic mass is 16.3. The number of aromatic nitrogens is 4. The van der Waals surface area contributed by atoms with E-state index in [1.165, 1.54) is 24.3 Å². The molecule has 7 rings (SSSR count). The number of rotatable bonds is 3. The molecule has 0 saturated carbocycles. The molecule has 0 bridgehead atoms. The third kappa shape index (κ3) is 4.81. The zero-order valence-corrected chi connectivity index (χ0v) is 25.1. The summed E-state index contributed by atoms with van der Waals surface area (Å²) in [5.74, 6) is -1.15. The number of hydrogen-bond acceptors (Lipinski definition) is 13. The van der Waals surface area contributed by atoms with Gasteiger partial charge in [-0.15, -0.1) is 0 Å². The molecule has 16 nitrogen and oxygen atoms in total. The number of nitrogens with zero attached hydrogens (tertiary/aromatic N) is 15. The van der Waals surface area contributed by atoms with E-state index in [1.807, 2.05) is 18.2 Å². The topological polar surface area (TPSA) is 222 Å². The van der Waals surface area contributed by atoms with Crippen molar-refractivity contribution >= 4 is 33.7 Å². The maximum atomic E-state index is 10.3. The molecule has 50 heavy (non-hydrogen) atoms. The van der Waals surface area contributed by atoms with Crippen molar-refractivity contribution in [2.45, 2.75) is 6.92 Å². The van der Waals surface area contributed by atoms with Crippen LogP contribution in [0.15, 0.2) is 72.4 Å². The lowest BCUT2D eigenvalue weighted by Crippen LogP contribution is -2.22. The molecule has 0 N–H and O–H groups in total. The first-order valence-electron chi connectivity index (χ1n) is 13.9. The van der Waals surface area contributed by atoms with Crippen molar-refractivity contribution in [2.75, 3.05) is 0 Å². The maximum absolute atomic E-state index is 10.3. The molecule has 0 fully saturated rings. The molecule has 0 unspecified atom stereocenters. The van der Waals surface area contributed by atoms with Gasteiger partial charge in [0.25, 0.3) is 11.6 Å². The van der Waals surface area contributed by atoms with Crippen LogP contribution in [0.25, 0.3) is 48.6 Å². The summed E-state index contributed by atoms with van der Waals surface area (Å²) in [5.41, 5.74) is 1.19. The van der Waals surface area contributed by atoms with Crippen molar-refractivity contribution in [1.82, 2.24) is 19.9 Å². The molecule has 5 aromatic rings. The van der Waals surface area contributed by atoms with Crippen molar-refractivity contribution in [3.63, 3.8) is 0 Å². The van der Waals surface area contributed by atoms with E-state index in [2.05, 4.69) is 60.5 Å². The number of benzene rings is 3. The third-order valence-corrected chi connectivity index (χ3v) is 7.35. The standard InChI is InChI=1S/C34H9N15O/c1-15-5-22-23(6-16(15)11-35)43-29(42-22)19(14-38)30-47-32(28(41-4)31-44-24-7-17(12-36)20(39-2)9-25(24)45-31)49-33(48-30)34-46-26-8-18(13-37)21(40-3)10-27(26)50-34/h5-10H,1H3/b29-19-,31-28-. The summed E-state index contributed by atoms with van der Waals surface area (Å²) >= 11 is 0. The number of oxazole rings is 1. The minimum absolute atomic E-state index is 0.0417.